The molecule has 2 aliphatic heterocycles. The van der Waals surface area contributed by atoms with Crippen LogP contribution in [0.15, 0.2) is 71.3 Å². The third kappa shape index (κ3) is 4.37. The summed E-state index contributed by atoms with van der Waals surface area (Å²) in [5.41, 5.74) is 0.644. The van der Waals surface area contributed by atoms with Crippen molar-refractivity contribution in [2.24, 2.45) is 4.40 Å². The van der Waals surface area contributed by atoms with Crippen molar-refractivity contribution in [2.75, 3.05) is 30.3 Å². The number of carbonyl (C=O) groups is 2. The molecule has 0 aromatic heterocycles. The maximum absolute atomic E-state index is 12.5. The molecule has 0 saturated heterocycles. The number of nitrogens with zero attached hydrogens (tertiary/aromatic N) is 3. The summed E-state index contributed by atoms with van der Waals surface area (Å²) < 4.78 is 32.3. The number of amides is 1. The van der Waals surface area contributed by atoms with E-state index in [1.165, 1.54) is 11.0 Å². The van der Waals surface area contributed by atoms with E-state index in [4.69, 9.17) is 4.74 Å². The molecule has 9 heteroatoms. The monoisotopic (exact) mass is 401 g/mol. The summed E-state index contributed by atoms with van der Waals surface area (Å²) in [6.45, 7) is 3.59. The molecule has 0 N–H and O–H groups in total. The van der Waals surface area contributed by atoms with Gasteiger partial charge in [-0.2, -0.15) is 0 Å². The largest absolute Gasteiger partial charge is 0.452 e. The number of ether oxygens (including phenoxy) is 1. The number of anilines is 1. The molecule has 1 aromatic rings. The lowest BCUT2D eigenvalue weighted by Gasteiger charge is -2.28. The summed E-state index contributed by atoms with van der Waals surface area (Å²) in [5.74, 6) is -1.36. The van der Waals surface area contributed by atoms with Crippen molar-refractivity contribution < 1.29 is 22.7 Å². The fraction of sp³-hybridized carbons (Fsp3) is 0.211. The van der Waals surface area contributed by atoms with Gasteiger partial charge in [0.2, 0.25) is 0 Å². The van der Waals surface area contributed by atoms with Crippen LogP contribution in [-0.2, 0) is 24.3 Å². The van der Waals surface area contributed by atoms with Crippen LogP contribution in [0.3, 0.4) is 0 Å². The minimum absolute atomic E-state index is 0.00597. The van der Waals surface area contributed by atoms with E-state index in [0.717, 1.165) is 0 Å². The van der Waals surface area contributed by atoms with Crippen LogP contribution < -0.4 is 4.90 Å². The maximum atomic E-state index is 12.5. The van der Waals surface area contributed by atoms with Crippen molar-refractivity contribution in [3.63, 3.8) is 0 Å². The van der Waals surface area contributed by atoms with Gasteiger partial charge in [-0.05, 0) is 24.3 Å². The molecule has 1 amide bonds. The van der Waals surface area contributed by atoms with Gasteiger partial charge in [0.15, 0.2) is 12.4 Å². The van der Waals surface area contributed by atoms with E-state index in [-0.39, 0.29) is 30.3 Å². The van der Waals surface area contributed by atoms with Crippen LogP contribution in [0.1, 0.15) is 0 Å². The fourth-order valence-corrected chi connectivity index (χ4v) is 3.73. The molecule has 3 rings (SSSR count). The molecular weight excluding hydrogens is 382 g/mol. The third-order valence-electron chi connectivity index (χ3n) is 4.08. The lowest BCUT2D eigenvalue weighted by atomic mass is 10.1. The summed E-state index contributed by atoms with van der Waals surface area (Å²) >= 11 is 0. The fourth-order valence-electron chi connectivity index (χ4n) is 2.75. The van der Waals surface area contributed by atoms with E-state index in [0.29, 0.717) is 5.69 Å². The molecule has 0 aliphatic carbocycles. The smallest absolute Gasteiger partial charge is 0.342 e. The van der Waals surface area contributed by atoms with E-state index in [9.17, 15) is 18.0 Å². The normalized spacial score (nSPS) is 17.1. The van der Waals surface area contributed by atoms with Gasteiger partial charge in [-0.1, -0.05) is 24.3 Å². The molecule has 0 unspecified atom stereocenters. The highest BCUT2D eigenvalue weighted by Gasteiger charge is 2.31. The molecule has 2 aliphatic rings. The number of esters is 1. The molecule has 0 fully saturated rings. The molecule has 0 radical (unpaired) electrons. The number of benzene rings is 1. The quantitative estimate of drug-likeness (QED) is 0.526. The van der Waals surface area contributed by atoms with E-state index >= 15 is 0 Å². The van der Waals surface area contributed by atoms with Crippen molar-refractivity contribution in [3.05, 3.63) is 66.9 Å². The molecule has 146 valence electrons. The van der Waals surface area contributed by atoms with E-state index in [1.807, 2.05) is 6.07 Å². The molecule has 2 heterocycles. The second-order valence-electron chi connectivity index (χ2n) is 6.02. The predicted octanol–water partition coefficient (Wildman–Crippen LogP) is 1.25. The van der Waals surface area contributed by atoms with Gasteiger partial charge >= 0.3 is 5.97 Å². The van der Waals surface area contributed by atoms with Crippen LogP contribution in [0, 0.1) is 0 Å². The highest BCUT2D eigenvalue weighted by Crippen LogP contribution is 2.19. The van der Waals surface area contributed by atoms with Gasteiger partial charge in [-0.3, -0.25) is 4.79 Å². The standard InChI is InChI=1S/C19H19N3O5S/c1-2-10-22(15-7-4-3-5-8-15)17(23)14-27-19(24)16-9-6-11-21-12-13-28(25,26)20-18(16)21/h2-9,11H,1,10,12-14H2. The molecule has 0 bridgehead atoms. The highest BCUT2D eigenvalue weighted by molar-refractivity contribution is 7.90. The molecular formula is C19H19N3O5S. The number of allylic oxidation sites excluding steroid dienone is 2. The van der Waals surface area contributed by atoms with E-state index in [1.54, 1.807) is 47.5 Å². The first kappa shape index (κ1) is 19.6. The first-order valence-electron chi connectivity index (χ1n) is 8.53. The Balaban J connectivity index is 1.71. The van der Waals surface area contributed by atoms with E-state index in [2.05, 4.69) is 11.0 Å². The second kappa shape index (κ2) is 8.22. The van der Waals surface area contributed by atoms with Crippen LogP contribution in [0.2, 0.25) is 0 Å². The average molecular weight is 401 g/mol. The number of hydrogen-bond acceptors (Lipinski definition) is 6. The van der Waals surface area contributed by atoms with Gasteiger partial charge < -0.3 is 14.5 Å². The van der Waals surface area contributed by atoms with Gasteiger partial charge in [0.25, 0.3) is 15.9 Å². The molecule has 0 atom stereocenters. The Hall–Kier alpha value is -3.20. The second-order valence-corrected chi connectivity index (χ2v) is 7.78. The van der Waals surface area contributed by atoms with Crippen LogP contribution in [0.25, 0.3) is 0 Å². The molecule has 1 aromatic carbocycles. The van der Waals surface area contributed by atoms with Crippen LogP contribution in [0.5, 0.6) is 0 Å². The van der Waals surface area contributed by atoms with Gasteiger partial charge in [-0.15, -0.1) is 11.0 Å². The highest BCUT2D eigenvalue weighted by atomic mass is 32.2. The first-order chi connectivity index (χ1) is 13.4. The summed E-state index contributed by atoms with van der Waals surface area (Å²) in [5, 5.41) is 0. The lowest BCUT2D eigenvalue weighted by Crippen LogP contribution is -2.41. The Morgan fingerprint density at radius 2 is 2.04 bits per heavy atom. The molecule has 28 heavy (non-hydrogen) atoms. The summed E-state index contributed by atoms with van der Waals surface area (Å²) in [4.78, 5) is 28.0. The van der Waals surface area contributed by atoms with Crippen molar-refractivity contribution >= 4 is 33.4 Å². The third-order valence-corrected chi connectivity index (χ3v) is 5.23. The minimum atomic E-state index is -3.63. The van der Waals surface area contributed by atoms with Gasteiger partial charge in [0, 0.05) is 25.0 Å². The zero-order chi connectivity index (χ0) is 20.1. The molecule has 8 nitrogen and oxygen atoms in total. The van der Waals surface area contributed by atoms with Gasteiger partial charge in [0.05, 0.1) is 5.75 Å². The van der Waals surface area contributed by atoms with Gasteiger partial charge in [0.1, 0.15) is 5.57 Å². The molecule has 0 spiro atoms. The average Bonchev–Trinajstić information content (AvgIpc) is 2.69. The Bertz CT molecular complexity index is 980. The Kier molecular flexibility index (Phi) is 5.74. The summed E-state index contributed by atoms with van der Waals surface area (Å²) in [7, 11) is -3.63. The zero-order valence-corrected chi connectivity index (χ0v) is 15.8. The van der Waals surface area contributed by atoms with Crippen LogP contribution in [-0.4, -0.2) is 56.5 Å². The van der Waals surface area contributed by atoms with E-state index < -0.39 is 28.5 Å². The summed E-state index contributed by atoms with van der Waals surface area (Å²) in [6, 6.07) is 8.93. The minimum Gasteiger partial charge on any atom is -0.452 e. The van der Waals surface area contributed by atoms with Crippen LogP contribution >= 0.6 is 0 Å². The van der Waals surface area contributed by atoms with Crippen LogP contribution in [0.4, 0.5) is 5.69 Å². The SMILES string of the molecule is C=CCN(C(=O)COC(=O)C1=CC=CN2CCS(=O)(=O)N=C12)c1ccccc1. The van der Waals surface area contributed by atoms with Crippen molar-refractivity contribution in [1.29, 1.82) is 0 Å². The topological polar surface area (TPSA) is 96.4 Å². The maximum Gasteiger partial charge on any atom is 0.342 e. The number of hydrogen-bond donors (Lipinski definition) is 0. The first-order valence-corrected chi connectivity index (χ1v) is 10.1. The number of amidine groups is 1. The Labute approximate surface area is 163 Å². The van der Waals surface area contributed by atoms with Gasteiger partial charge in [-0.25, -0.2) is 13.2 Å². The Morgan fingerprint density at radius 3 is 2.75 bits per heavy atom. The summed E-state index contributed by atoms with van der Waals surface area (Å²) in [6.07, 6.45) is 6.22. The molecule has 0 saturated carbocycles. The number of fused-ring (bicyclic) bond motifs is 1. The zero-order valence-electron chi connectivity index (χ0n) is 15.0. The van der Waals surface area contributed by atoms with Crippen molar-refractivity contribution in [2.45, 2.75) is 0 Å². The number of para-hydroxylation sites is 1. The lowest BCUT2D eigenvalue weighted by molar-refractivity contribution is -0.143. The number of carbonyl (C=O) groups excluding carboxylic acids is 2. The van der Waals surface area contributed by atoms with Crippen molar-refractivity contribution in [1.82, 2.24) is 4.90 Å². The predicted molar refractivity (Wildman–Crippen MR) is 105 cm³/mol. The number of rotatable bonds is 6. The van der Waals surface area contributed by atoms with Crippen molar-refractivity contribution in [3.8, 4) is 0 Å². The Morgan fingerprint density at radius 1 is 1.29 bits per heavy atom. The number of sulfonamides is 1.